The minimum atomic E-state index is -2.70. The number of ether oxygens (including phenoxy) is 1. The van der Waals surface area contributed by atoms with Gasteiger partial charge in [-0.2, -0.15) is 5.26 Å². The third kappa shape index (κ3) is 2.62. The Morgan fingerprint density at radius 3 is 2.87 bits per heavy atom. The molecule has 23 heavy (non-hydrogen) atoms. The van der Waals surface area contributed by atoms with Crippen LogP contribution < -0.4 is 4.74 Å². The van der Waals surface area contributed by atoms with Crippen molar-refractivity contribution in [3.05, 3.63) is 23.5 Å². The Bertz CT molecular complexity index is 666. The number of amides is 1. The quantitative estimate of drug-likeness (QED) is 0.857. The Labute approximate surface area is 132 Å². The molecule has 0 radical (unpaired) electrons. The van der Waals surface area contributed by atoms with Crippen LogP contribution in [0.2, 0.25) is 0 Å². The van der Waals surface area contributed by atoms with Gasteiger partial charge < -0.3 is 9.64 Å². The fraction of sp³-hybridized carbons (Fsp3) is 0.562. The number of carbonyl (C=O) groups is 1. The van der Waals surface area contributed by atoms with E-state index in [1.165, 1.54) is 24.2 Å². The van der Waals surface area contributed by atoms with Gasteiger partial charge in [0, 0.05) is 18.0 Å². The van der Waals surface area contributed by atoms with E-state index in [0.29, 0.717) is 24.2 Å². The number of aromatic nitrogens is 1. The van der Waals surface area contributed by atoms with E-state index in [4.69, 9.17) is 10.00 Å². The maximum Gasteiger partial charge on any atom is 0.252 e. The molecule has 122 valence electrons. The van der Waals surface area contributed by atoms with Crippen molar-refractivity contribution in [2.75, 3.05) is 13.2 Å². The molecule has 0 saturated heterocycles. The van der Waals surface area contributed by atoms with Crippen LogP contribution in [0.3, 0.4) is 0 Å². The van der Waals surface area contributed by atoms with Gasteiger partial charge in [0.1, 0.15) is 29.4 Å². The van der Waals surface area contributed by atoms with E-state index in [2.05, 4.69) is 4.98 Å². The van der Waals surface area contributed by atoms with Crippen molar-refractivity contribution in [3.8, 4) is 11.8 Å². The number of fused-ring (bicyclic) bond motifs is 1. The van der Waals surface area contributed by atoms with Gasteiger partial charge in [-0.25, -0.2) is 8.78 Å². The van der Waals surface area contributed by atoms with Crippen molar-refractivity contribution in [1.82, 2.24) is 9.88 Å². The molecule has 0 spiro atoms. The van der Waals surface area contributed by atoms with Gasteiger partial charge in [-0.3, -0.25) is 9.78 Å². The van der Waals surface area contributed by atoms with Gasteiger partial charge in [0.25, 0.3) is 6.43 Å². The van der Waals surface area contributed by atoms with Crippen LogP contribution >= 0.6 is 0 Å². The zero-order chi connectivity index (χ0) is 16.6. The molecule has 2 aliphatic rings. The lowest BCUT2D eigenvalue weighted by atomic mass is 9.83. The van der Waals surface area contributed by atoms with Crippen molar-refractivity contribution in [3.63, 3.8) is 0 Å². The number of rotatable bonds is 3. The Kier molecular flexibility index (Phi) is 3.92. The van der Waals surface area contributed by atoms with Gasteiger partial charge in [-0.15, -0.1) is 0 Å². The number of hydrogen-bond donors (Lipinski definition) is 0. The second kappa shape index (κ2) is 5.76. The minimum absolute atomic E-state index is 0.131. The summed E-state index contributed by atoms with van der Waals surface area (Å²) in [4.78, 5) is 18.1. The highest BCUT2D eigenvalue weighted by molar-refractivity contribution is 5.83. The van der Waals surface area contributed by atoms with Crippen LogP contribution in [0, 0.1) is 22.7 Å². The average Bonchev–Trinajstić information content (AvgIpc) is 3.38. The molecule has 1 atom stereocenters. The van der Waals surface area contributed by atoms with Crippen LogP contribution in [0.1, 0.15) is 30.9 Å². The van der Waals surface area contributed by atoms with Gasteiger partial charge in [0.2, 0.25) is 5.91 Å². The predicted octanol–water partition coefficient (Wildman–Crippen LogP) is 2.36. The highest BCUT2D eigenvalue weighted by Gasteiger charge is 2.55. The fourth-order valence-corrected chi connectivity index (χ4v) is 3.04. The molecule has 1 amide bonds. The summed E-state index contributed by atoms with van der Waals surface area (Å²) in [5.74, 6) is -0.418. The molecule has 0 bridgehead atoms. The average molecular weight is 321 g/mol. The van der Waals surface area contributed by atoms with Gasteiger partial charge >= 0.3 is 0 Å². The van der Waals surface area contributed by atoms with Gasteiger partial charge in [-0.1, -0.05) is 0 Å². The highest BCUT2D eigenvalue weighted by atomic mass is 19.3. The molecule has 1 aliphatic carbocycles. The molecule has 3 rings (SSSR count). The number of nitriles is 1. The third-order valence-corrected chi connectivity index (χ3v) is 4.69. The summed E-state index contributed by atoms with van der Waals surface area (Å²) in [5.41, 5.74) is -0.789. The summed E-state index contributed by atoms with van der Waals surface area (Å²) in [6.07, 6.45) is 1.53. The van der Waals surface area contributed by atoms with Crippen molar-refractivity contribution >= 4 is 5.91 Å². The standard InChI is InChI=1S/C16H17F2N3O2/c1-16(14(17)18,12-2-3-12)15(22)21-4-5-23-13-10(6-19)7-20-8-11(13)9-21/h7-8,12,14H,2-5,9H2,1H3/t16-/m1/s1. The van der Waals surface area contributed by atoms with Gasteiger partial charge in [-0.05, 0) is 25.7 Å². The summed E-state index contributed by atoms with van der Waals surface area (Å²) < 4.78 is 32.7. The Morgan fingerprint density at radius 2 is 2.26 bits per heavy atom. The van der Waals surface area contributed by atoms with E-state index in [1.54, 1.807) is 0 Å². The number of pyridine rings is 1. The lowest BCUT2D eigenvalue weighted by molar-refractivity contribution is -0.153. The molecule has 1 fully saturated rings. The highest BCUT2D eigenvalue weighted by Crippen LogP contribution is 2.50. The first kappa shape index (κ1) is 15.7. The third-order valence-electron chi connectivity index (χ3n) is 4.69. The Morgan fingerprint density at radius 1 is 1.52 bits per heavy atom. The van der Waals surface area contributed by atoms with Crippen molar-refractivity contribution in [1.29, 1.82) is 5.26 Å². The molecular weight excluding hydrogens is 304 g/mol. The lowest BCUT2D eigenvalue weighted by Crippen LogP contribution is -2.48. The summed E-state index contributed by atoms with van der Waals surface area (Å²) in [6.45, 7) is 1.87. The molecule has 0 aromatic carbocycles. The molecule has 0 unspecified atom stereocenters. The van der Waals surface area contributed by atoms with Crippen LogP contribution in [-0.4, -0.2) is 35.4 Å². The van der Waals surface area contributed by atoms with E-state index < -0.39 is 17.7 Å². The summed E-state index contributed by atoms with van der Waals surface area (Å²) in [7, 11) is 0. The van der Waals surface area contributed by atoms with E-state index >= 15 is 0 Å². The predicted molar refractivity (Wildman–Crippen MR) is 76.7 cm³/mol. The summed E-state index contributed by atoms with van der Waals surface area (Å²) in [5, 5.41) is 9.09. The molecule has 0 N–H and O–H groups in total. The molecule has 1 aromatic heterocycles. The second-order valence-corrected chi connectivity index (χ2v) is 6.22. The Hall–Kier alpha value is -2.23. The molecule has 5 nitrogen and oxygen atoms in total. The topological polar surface area (TPSA) is 66.2 Å². The van der Waals surface area contributed by atoms with Crippen LogP contribution in [0.4, 0.5) is 8.78 Å². The van der Waals surface area contributed by atoms with Crippen molar-refractivity contribution in [2.24, 2.45) is 11.3 Å². The molecule has 1 aliphatic heterocycles. The molecule has 2 heterocycles. The smallest absolute Gasteiger partial charge is 0.252 e. The van der Waals surface area contributed by atoms with Crippen LogP contribution in [0.25, 0.3) is 0 Å². The van der Waals surface area contributed by atoms with E-state index in [9.17, 15) is 13.6 Å². The number of halogens is 2. The first-order chi connectivity index (χ1) is 11.0. The lowest BCUT2D eigenvalue weighted by Gasteiger charge is -2.33. The number of alkyl halides is 2. The van der Waals surface area contributed by atoms with E-state index in [1.807, 2.05) is 6.07 Å². The van der Waals surface area contributed by atoms with Crippen molar-refractivity contribution < 1.29 is 18.3 Å². The Balaban J connectivity index is 1.89. The number of nitrogens with zero attached hydrogens (tertiary/aromatic N) is 3. The van der Waals surface area contributed by atoms with Crippen LogP contribution in [0.15, 0.2) is 12.4 Å². The first-order valence-corrected chi connectivity index (χ1v) is 7.55. The summed E-state index contributed by atoms with van der Waals surface area (Å²) >= 11 is 0. The molecular formula is C16H17F2N3O2. The fourth-order valence-electron chi connectivity index (χ4n) is 3.04. The monoisotopic (exact) mass is 321 g/mol. The largest absolute Gasteiger partial charge is 0.490 e. The number of hydrogen-bond acceptors (Lipinski definition) is 4. The maximum absolute atomic E-state index is 13.6. The normalized spacial score (nSPS) is 20.0. The molecule has 1 saturated carbocycles. The van der Waals surface area contributed by atoms with Crippen LogP contribution in [-0.2, 0) is 11.3 Å². The SMILES string of the molecule is C[C@](C(=O)N1CCOc2c(C#N)cncc2C1)(C(F)F)C1CC1. The second-order valence-electron chi connectivity index (χ2n) is 6.22. The summed E-state index contributed by atoms with van der Waals surface area (Å²) in [6, 6.07) is 1.99. The van der Waals surface area contributed by atoms with Gasteiger partial charge in [0.15, 0.2) is 0 Å². The van der Waals surface area contributed by atoms with Crippen molar-refractivity contribution in [2.45, 2.75) is 32.7 Å². The van der Waals surface area contributed by atoms with E-state index in [-0.39, 0.29) is 31.2 Å². The zero-order valence-electron chi connectivity index (χ0n) is 12.8. The maximum atomic E-state index is 13.6. The molecule has 1 aromatic rings. The molecule has 7 heteroatoms. The number of carbonyl (C=O) groups excluding carboxylic acids is 1. The zero-order valence-corrected chi connectivity index (χ0v) is 12.8. The van der Waals surface area contributed by atoms with E-state index in [0.717, 1.165) is 0 Å². The minimum Gasteiger partial charge on any atom is -0.490 e. The van der Waals surface area contributed by atoms with Crippen LogP contribution in [0.5, 0.6) is 5.75 Å². The first-order valence-electron chi connectivity index (χ1n) is 7.55. The van der Waals surface area contributed by atoms with Gasteiger partial charge in [0.05, 0.1) is 13.1 Å².